The molecule has 1 aliphatic rings. The van der Waals surface area contributed by atoms with Crippen LogP contribution in [0.15, 0.2) is 24.3 Å². The average Bonchev–Trinajstić information content (AvgIpc) is 2.17. The van der Waals surface area contributed by atoms with E-state index in [4.69, 9.17) is 15.2 Å². The first-order valence-electron chi connectivity index (χ1n) is 4.41. The molecule has 0 radical (unpaired) electrons. The van der Waals surface area contributed by atoms with Gasteiger partial charge in [0.15, 0.2) is 11.5 Å². The zero-order valence-corrected chi connectivity index (χ0v) is 7.57. The van der Waals surface area contributed by atoms with Crippen molar-refractivity contribution in [2.45, 2.75) is 19.1 Å². The normalized spacial score (nSPS) is 22.5. The van der Waals surface area contributed by atoms with Crippen LogP contribution in [0.4, 0.5) is 0 Å². The molecule has 1 aliphatic heterocycles. The van der Waals surface area contributed by atoms with Crippen LogP contribution < -0.4 is 15.2 Å². The van der Waals surface area contributed by atoms with Gasteiger partial charge in [-0.3, -0.25) is 0 Å². The van der Waals surface area contributed by atoms with Gasteiger partial charge in [0.05, 0.1) is 0 Å². The van der Waals surface area contributed by atoms with Crippen molar-refractivity contribution in [3.05, 3.63) is 24.3 Å². The van der Waals surface area contributed by atoms with E-state index in [2.05, 4.69) is 0 Å². The van der Waals surface area contributed by atoms with Crippen molar-refractivity contribution in [3.63, 3.8) is 0 Å². The molecule has 1 aromatic rings. The third-order valence-corrected chi connectivity index (χ3v) is 2.12. The molecule has 0 aromatic heterocycles. The quantitative estimate of drug-likeness (QED) is 0.704. The minimum Gasteiger partial charge on any atom is -0.486 e. The number of fused-ring (bicyclic) bond motifs is 1. The molecule has 3 heteroatoms. The van der Waals surface area contributed by atoms with Crippen LogP contribution in [0.2, 0.25) is 0 Å². The Balaban J connectivity index is 2.20. The largest absolute Gasteiger partial charge is 0.486 e. The molecule has 70 valence electrons. The van der Waals surface area contributed by atoms with Gasteiger partial charge in [0, 0.05) is 6.04 Å². The molecule has 2 atom stereocenters. The lowest BCUT2D eigenvalue weighted by Gasteiger charge is -2.28. The second kappa shape index (κ2) is 3.26. The molecular formula is C10H13NO2. The molecule has 0 unspecified atom stereocenters. The molecule has 0 spiro atoms. The number of hydrogen-bond donors (Lipinski definition) is 1. The molecule has 2 rings (SSSR count). The first-order valence-corrected chi connectivity index (χ1v) is 4.41. The van der Waals surface area contributed by atoms with E-state index < -0.39 is 0 Å². The molecule has 3 nitrogen and oxygen atoms in total. The topological polar surface area (TPSA) is 44.5 Å². The van der Waals surface area contributed by atoms with Crippen LogP contribution in [0.25, 0.3) is 0 Å². The lowest BCUT2D eigenvalue weighted by molar-refractivity contribution is 0.0765. The number of ether oxygens (including phenoxy) is 2. The Hall–Kier alpha value is -1.22. The summed E-state index contributed by atoms with van der Waals surface area (Å²) in [7, 11) is 0. The van der Waals surface area contributed by atoms with E-state index in [0.717, 1.165) is 11.5 Å². The average molecular weight is 179 g/mol. The maximum Gasteiger partial charge on any atom is 0.161 e. The van der Waals surface area contributed by atoms with Gasteiger partial charge >= 0.3 is 0 Å². The smallest absolute Gasteiger partial charge is 0.161 e. The van der Waals surface area contributed by atoms with Crippen LogP contribution in [-0.4, -0.2) is 18.8 Å². The molecule has 0 fully saturated rings. The molecular weight excluding hydrogens is 166 g/mol. The van der Waals surface area contributed by atoms with Crippen LogP contribution in [-0.2, 0) is 0 Å². The van der Waals surface area contributed by atoms with Gasteiger partial charge in [-0.1, -0.05) is 12.1 Å². The van der Waals surface area contributed by atoms with E-state index in [1.165, 1.54) is 0 Å². The maximum atomic E-state index is 5.72. The summed E-state index contributed by atoms with van der Waals surface area (Å²) in [6.07, 6.45) is -0.0325. The number of para-hydroxylation sites is 2. The van der Waals surface area contributed by atoms with Gasteiger partial charge < -0.3 is 15.2 Å². The highest BCUT2D eigenvalue weighted by Gasteiger charge is 2.23. The van der Waals surface area contributed by atoms with Gasteiger partial charge in [-0.2, -0.15) is 0 Å². The predicted molar refractivity (Wildman–Crippen MR) is 50.0 cm³/mol. The molecule has 13 heavy (non-hydrogen) atoms. The van der Waals surface area contributed by atoms with Gasteiger partial charge in [0.1, 0.15) is 12.7 Å². The van der Waals surface area contributed by atoms with Gasteiger partial charge in [-0.05, 0) is 19.1 Å². The van der Waals surface area contributed by atoms with Crippen molar-refractivity contribution in [2.24, 2.45) is 5.73 Å². The Kier molecular flexibility index (Phi) is 2.10. The molecule has 0 aliphatic carbocycles. The van der Waals surface area contributed by atoms with Crippen LogP contribution in [0.3, 0.4) is 0 Å². The van der Waals surface area contributed by atoms with Gasteiger partial charge in [-0.15, -0.1) is 0 Å². The minimum absolute atomic E-state index is 0.00615. The highest BCUT2D eigenvalue weighted by atomic mass is 16.6. The van der Waals surface area contributed by atoms with Crippen molar-refractivity contribution < 1.29 is 9.47 Å². The first kappa shape index (κ1) is 8.38. The van der Waals surface area contributed by atoms with E-state index in [0.29, 0.717) is 6.61 Å². The van der Waals surface area contributed by atoms with Crippen molar-refractivity contribution in [3.8, 4) is 11.5 Å². The van der Waals surface area contributed by atoms with Crippen molar-refractivity contribution in [2.75, 3.05) is 6.61 Å². The molecule has 0 saturated heterocycles. The fourth-order valence-corrected chi connectivity index (χ4v) is 1.29. The molecule has 0 bridgehead atoms. The van der Waals surface area contributed by atoms with Crippen LogP contribution in [0.1, 0.15) is 6.92 Å². The Bertz CT molecular complexity index is 299. The fraction of sp³-hybridized carbons (Fsp3) is 0.400. The minimum atomic E-state index is -0.0325. The SMILES string of the molecule is C[C@H](N)[C@H]1COc2ccccc2O1. The molecule has 1 heterocycles. The Labute approximate surface area is 77.5 Å². The number of hydrogen-bond acceptors (Lipinski definition) is 3. The molecule has 0 amide bonds. The van der Waals surface area contributed by atoms with E-state index >= 15 is 0 Å². The molecule has 0 saturated carbocycles. The van der Waals surface area contributed by atoms with Gasteiger partial charge in [0.25, 0.3) is 0 Å². The van der Waals surface area contributed by atoms with E-state index in [9.17, 15) is 0 Å². The van der Waals surface area contributed by atoms with Crippen molar-refractivity contribution in [1.29, 1.82) is 0 Å². The van der Waals surface area contributed by atoms with Crippen LogP contribution in [0, 0.1) is 0 Å². The zero-order chi connectivity index (χ0) is 9.26. The molecule has 2 N–H and O–H groups in total. The summed E-state index contributed by atoms with van der Waals surface area (Å²) in [5, 5.41) is 0. The number of nitrogens with two attached hydrogens (primary N) is 1. The third-order valence-electron chi connectivity index (χ3n) is 2.12. The Morgan fingerprint density at radius 2 is 2.08 bits per heavy atom. The predicted octanol–water partition coefficient (Wildman–Crippen LogP) is 1.17. The van der Waals surface area contributed by atoms with E-state index in [-0.39, 0.29) is 12.1 Å². The lowest BCUT2D eigenvalue weighted by atomic mass is 10.2. The highest BCUT2D eigenvalue weighted by Crippen LogP contribution is 2.31. The standard InChI is InChI=1S/C10H13NO2/c1-7(11)10-6-12-8-4-2-3-5-9(8)13-10/h2-5,7,10H,6,11H2,1H3/t7-,10+/m0/s1. The molecule has 1 aromatic carbocycles. The van der Waals surface area contributed by atoms with Gasteiger partial charge in [-0.25, -0.2) is 0 Å². The highest BCUT2D eigenvalue weighted by molar-refractivity contribution is 5.40. The monoisotopic (exact) mass is 179 g/mol. The summed E-state index contributed by atoms with van der Waals surface area (Å²) >= 11 is 0. The number of benzene rings is 1. The van der Waals surface area contributed by atoms with Crippen LogP contribution >= 0.6 is 0 Å². The zero-order valence-electron chi connectivity index (χ0n) is 7.57. The maximum absolute atomic E-state index is 5.72. The number of rotatable bonds is 1. The summed E-state index contributed by atoms with van der Waals surface area (Å²) < 4.78 is 11.1. The fourth-order valence-electron chi connectivity index (χ4n) is 1.29. The Morgan fingerprint density at radius 1 is 1.38 bits per heavy atom. The summed E-state index contributed by atoms with van der Waals surface area (Å²) in [4.78, 5) is 0. The first-order chi connectivity index (χ1) is 6.27. The second-order valence-electron chi connectivity index (χ2n) is 3.27. The summed E-state index contributed by atoms with van der Waals surface area (Å²) in [5.41, 5.74) is 5.72. The summed E-state index contributed by atoms with van der Waals surface area (Å²) in [6, 6.07) is 7.63. The third kappa shape index (κ3) is 1.60. The van der Waals surface area contributed by atoms with Crippen molar-refractivity contribution in [1.82, 2.24) is 0 Å². The van der Waals surface area contributed by atoms with Gasteiger partial charge in [0.2, 0.25) is 0 Å². The second-order valence-corrected chi connectivity index (χ2v) is 3.27. The Morgan fingerprint density at radius 3 is 2.77 bits per heavy atom. The van der Waals surface area contributed by atoms with E-state index in [1.807, 2.05) is 31.2 Å². The lowest BCUT2D eigenvalue weighted by Crippen LogP contribution is -2.42. The van der Waals surface area contributed by atoms with Crippen LogP contribution in [0.5, 0.6) is 11.5 Å². The van der Waals surface area contributed by atoms with Crippen molar-refractivity contribution >= 4 is 0 Å². The summed E-state index contributed by atoms with van der Waals surface area (Å²) in [5.74, 6) is 1.59. The van der Waals surface area contributed by atoms with E-state index in [1.54, 1.807) is 0 Å². The summed E-state index contributed by atoms with van der Waals surface area (Å²) in [6.45, 7) is 2.46.